The molecule has 0 radical (unpaired) electrons. The molecule has 33 heteroatoms. The topological polar surface area (TPSA) is 380 Å². The van der Waals surface area contributed by atoms with Gasteiger partial charge in [0.2, 0.25) is 33.6 Å². The molecule has 9 N–H and O–H groups in total. The Morgan fingerprint density at radius 3 is 1.48 bits per heavy atom. The van der Waals surface area contributed by atoms with Crippen molar-refractivity contribution in [3.63, 3.8) is 0 Å². The van der Waals surface area contributed by atoms with Crippen LogP contribution >= 0.6 is 22.6 Å². The number of H-pyrrole nitrogens is 2. The molecule has 101 heavy (non-hydrogen) atoms. The lowest BCUT2D eigenvalue weighted by molar-refractivity contribution is -0.0909. The fraction of sp³-hybridized carbons (Fsp3) is 0.529. The number of halogens is 1. The fourth-order valence-corrected chi connectivity index (χ4v) is 15.6. The zero-order chi connectivity index (χ0) is 71.5. The number of rotatable bonds is 32. The van der Waals surface area contributed by atoms with Crippen molar-refractivity contribution in [3.05, 3.63) is 121 Å². The van der Waals surface area contributed by atoms with E-state index in [1.807, 2.05) is 82.3 Å². The number of ether oxygens (including phenoxy) is 12. The number of carbonyl (C=O) groups is 2. The zero-order valence-electron chi connectivity index (χ0n) is 56.8. The third kappa shape index (κ3) is 21.6. The van der Waals surface area contributed by atoms with Crippen molar-refractivity contribution in [3.8, 4) is 34.5 Å². The number of nitrogen functional groups attached to an aromatic ring is 1. The molecule has 2 amide bonds. The Morgan fingerprint density at radius 2 is 1.06 bits per heavy atom. The first-order valence-electron chi connectivity index (χ1n) is 33.7. The molecule has 4 fully saturated rings. The van der Waals surface area contributed by atoms with Gasteiger partial charge in [0.25, 0.3) is 0 Å². The smallest absolute Gasteiger partial charge is 0.407 e. The predicted molar refractivity (Wildman–Crippen MR) is 376 cm³/mol. The van der Waals surface area contributed by atoms with Gasteiger partial charge in [0.05, 0.1) is 98.0 Å². The van der Waals surface area contributed by atoms with E-state index in [0.29, 0.717) is 74.0 Å². The molecule has 0 spiro atoms. The van der Waals surface area contributed by atoms with Crippen LogP contribution in [-0.4, -0.2) is 208 Å². The van der Waals surface area contributed by atoms with E-state index in [0.717, 1.165) is 46.4 Å². The van der Waals surface area contributed by atoms with Crippen molar-refractivity contribution < 1.29 is 93.5 Å². The van der Waals surface area contributed by atoms with Crippen LogP contribution in [0.25, 0.3) is 0 Å². The van der Waals surface area contributed by atoms with E-state index in [-0.39, 0.29) is 106 Å². The molecule has 0 saturated carbocycles. The average molecular weight is 1560 g/mol. The average Bonchev–Trinajstić information content (AvgIpc) is 1.60. The SMILES string of the molecule is CC(C)CN(C[C@@H](O)[C@H](Cc1ccc(OCCCI)cc1)NC(=O)O[C@@H]1CO[C@H]2OCC[C@H]21)S(=O)(=O)c1ccc2c(c1)OCO2.CC(C)CN(C[C@@H](O)[C@H](Cc1ccc(OCCCNc2ccn[nH]2)cc1)NC(=O)O[C@@H]1CO[C@H]2OCC[C@H]21)S(=O)(=O)c1ccc2c(c1)OCO2.Nc1ccn[nH]1. The van der Waals surface area contributed by atoms with Crippen molar-refractivity contribution in [2.45, 2.75) is 125 Å². The zero-order valence-corrected chi connectivity index (χ0v) is 60.6. The number of nitrogens with two attached hydrogens (primary N) is 1. The number of aromatic nitrogens is 4. The molecular weight excluding hydrogens is 1470 g/mol. The molecular formula is C68H91IN10O20S2. The van der Waals surface area contributed by atoms with Gasteiger partial charge in [-0.15, -0.1) is 0 Å². The number of fused-ring (bicyclic) bond motifs is 4. The summed E-state index contributed by atoms with van der Waals surface area (Å²) in [6.45, 7) is 10.7. The lowest BCUT2D eigenvalue weighted by atomic mass is 10.0. The molecule has 30 nitrogen and oxygen atoms in total. The van der Waals surface area contributed by atoms with Gasteiger partial charge in [0.1, 0.15) is 35.3 Å². The van der Waals surface area contributed by atoms with Crippen molar-refractivity contribution in [1.29, 1.82) is 0 Å². The van der Waals surface area contributed by atoms with Gasteiger partial charge in [-0.25, -0.2) is 26.4 Å². The van der Waals surface area contributed by atoms with Crippen LogP contribution in [-0.2, 0) is 61.3 Å². The number of alkyl halides is 1. The molecule has 4 saturated heterocycles. The monoisotopic (exact) mass is 1560 g/mol. The minimum Gasteiger partial charge on any atom is -0.494 e. The fourth-order valence-electron chi connectivity index (χ4n) is 12.0. The highest BCUT2D eigenvalue weighted by atomic mass is 127. The normalized spacial score (nSPS) is 20.6. The summed E-state index contributed by atoms with van der Waals surface area (Å²) in [6, 6.07) is 25.4. The number of anilines is 2. The summed E-state index contributed by atoms with van der Waals surface area (Å²) in [5, 5.41) is 45.0. The van der Waals surface area contributed by atoms with Crippen LogP contribution in [0.1, 0.15) is 64.5 Å². The number of hydrogen-bond donors (Lipinski definition) is 8. The van der Waals surface area contributed by atoms with Gasteiger partial charge in [-0.05, 0) is 122 Å². The first kappa shape index (κ1) is 76.2. The molecule has 6 aliphatic rings. The van der Waals surface area contributed by atoms with Crippen molar-refractivity contribution in [2.75, 3.05) is 101 Å². The maximum atomic E-state index is 13.9. The van der Waals surface area contributed by atoms with E-state index >= 15 is 0 Å². The van der Waals surface area contributed by atoms with Gasteiger partial charge < -0.3 is 88.7 Å². The Balaban J connectivity index is 0.000000202. The summed E-state index contributed by atoms with van der Waals surface area (Å²) < 4.78 is 126. The van der Waals surface area contributed by atoms with E-state index in [9.17, 15) is 36.6 Å². The molecule has 0 aliphatic carbocycles. The molecule has 6 aliphatic heterocycles. The second kappa shape index (κ2) is 36.6. The highest BCUT2D eigenvalue weighted by molar-refractivity contribution is 14.1. The predicted octanol–water partition coefficient (Wildman–Crippen LogP) is 6.84. The van der Waals surface area contributed by atoms with Gasteiger partial charge in [-0.3, -0.25) is 10.2 Å². The lowest BCUT2D eigenvalue weighted by Crippen LogP contribution is -2.51. The first-order chi connectivity index (χ1) is 48.7. The molecule has 6 aromatic rings. The van der Waals surface area contributed by atoms with E-state index in [1.54, 1.807) is 30.6 Å². The second-order valence-corrected chi connectivity index (χ2v) is 30.7. The Labute approximate surface area is 601 Å². The number of aliphatic hydroxyl groups excluding tert-OH is 2. The third-order valence-electron chi connectivity index (χ3n) is 17.1. The summed E-state index contributed by atoms with van der Waals surface area (Å²) in [5.41, 5.74) is 6.78. The van der Waals surface area contributed by atoms with Crippen molar-refractivity contribution >= 4 is 66.5 Å². The van der Waals surface area contributed by atoms with Crippen molar-refractivity contribution in [2.24, 2.45) is 23.7 Å². The molecule has 12 rings (SSSR count). The van der Waals surface area contributed by atoms with Crippen molar-refractivity contribution in [1.82, 2.24) is 39.6 Å². The number of amides is 2. The van der Waals surface area contributed by atoms with Crippen LogP contribution in [0.4, 0.5) is 21.2 Å². The van der Waals surface area contributed by atoms with Gasteiger partial charge in [0, 0.05) is 49.3 Å². The number of aliphatic hydroxyl groups is 2. The summed E-state index contributed by atoms with van der Waals surface area (Å²) in [7, 11) is -8.12. The number of carbonyl (C=O) groups excluding carboxylic acids is 2. The molecule has 4 aromatic carbocycles. The third-order valence-corrected chi connectivity index (χ3v) is 21.6. The first-order valence-corrected chi connectivity index (χ1v) is 38.1. The van der Waals surface area contributed by atoms with E-state index in [4.69, 9.17) is 62.6 Å². The summed E-state index contributed by atoms with van der Waals surface area (Å²) in [4.78, 5) is 26.5. The number of hydrogen-bond acceptors (Lipinski definition) is 24. The van der Waals surface area contributed by atoms with Crippen LogP contribution in [0.2, 0.25) is 0 Å². The Bertz CT molecular complexity index is 3790. The maximum Gasteiger partial charge on any atom is 0.407 e. The molecule has 2 aromatic heterocycles. The lowest BCUT2D eigenvalue weighted by Gasteiger charge is -2.31. The van der Waals surface area contributed by atoms with E-state index in [2.05, 4.69) is 58.9 Å². The number of nitrogens with one attached hydrogen (secondary N) is 5. The Kier molecular flexibility index (Phi) is 27.6. The molecule has 552 valence electrons. The largest absolute Gasteiger partial charge is 0.494 e. The molecule has 8 heterocycles. The number of aromatic amines is 2. The molecule has 0 bridgehead atoms. The number of nitrogens with zero attached hydrogens (tertiary/aromatic N) is 4. The Hall–Kier alpha value is -7.45. The minimum atomic E-state index is -4.07. The standard InChI is InChI=1S/C34H45N5O10S.C31H41IN2O10S.C3H5N3/c1-22(2)18-39(50(42,43)25-8-9-29-30(17-25)48-21-47-29)19-28(40)27(37-34(41)49-31-20-46-33-26(31)11-15-45-33)16-23-4-6-24(7-5-23)44-14-3-12-35-32-10-13-36-38-32;1-20(2)16-34(45(37,38)23-8-9-27-28(15-23)43-19-42-27)17-26(35)25(14-21-4-6-22(7-5-21)39-12-3-11-32)33-31(36)44-29-18-41-30-24(29)10-13-40-30;4-3-1-2-5-6-3/h4-10,13,17,22,26-28,31,33,40H,3,11-12,14-16,18-21H2,1-2H3,(H,37,41)(H2,35,36,38);4-9,15,20,24-26,29-30,35H,3,10-14,16-19H2,1-2H3,(H,33,36);1-2H,(H3,4,5,6)/t26-,27-,28+,31+,33+;24-,25-,26+,29+,30+;/m00./s1. The number of sulfonamides is 2. The summed E-state index contributed by atoms with van der Waals surface area (Å²) in [6.07, 6.45) is 1.08. The second-order valence-electron chi connectivity index (χ2n) is 25.7. The molecule has 0 unspecified atom stereocenters. The number of alkyl carbamates (subject to hydrolysis) is 2. The molecule has 10 atom stereocenters. The van der Waals surface area contributed by atoms with Crippen LogP contribution in [0, 0.1) is 23.7 Å². The summed E-state index contributed by atoms with van der Waals surface area (Å²) >= 11 is 2.30. The van der Waals surface area contributed by atoms with Crippen LogP contribution < -0.4 is 50.1 Å². The van der Waals surface area contributed by atoms with Crippen LogP contribution in [0.3, 0.4) is 0 Å². The van der Waals surface area contributed by atoms with E-state index in [1.165, 1.54) is 32.9 Å². The van der Waals surface area contributed by atoms with Gasteiger partial charge in [-0.1, -0.05) is 74.6 Å². The van der Waals surface area contributed by atoms with E-state index < -0.39 is 75.0 Å². The van der Waals surface area contributed by atoms with Gasteiger partial charge in [-0.2, -0.15) is 18.8 Å². The summed E-state index contributed by atoms with van der Waals surface area (Å²) in [5.74, 6) is 4.25. The van der Waals surface area contributed by atoms with Crippen LogP contribution in [0.5, 0.6) is 34.5 Å². The maximum absolute atomic E-state index is 13.9. The highest BCUT2D eigenvalue weighted by Crippen LogP contribution is 2.38. The van der Waals surface area contributed by atoms with Gasteiger partial charge >= 0.3 is 12.2 Å². The van der Waals surface area contributed by atoms with Gasteiger partial charge in [0.15, 0.2) is 35.6 Å². The van der Waals surface area contributed by atoms with Crippen LogP contribution in [0.15, 0.2) is 119 Å². The minimum absolute atomic E-state index is 0.00931. The Morgan fingerprint density at radius 1 is 0.604 bits per heavy atom. The highest BCUT2D eigenvalue weighted by Gasteiger charge is 2.46. The number of benzene rings is 4. The quantitative estimate of drug-likeness (QED) is 0.0122.